The Bertz CT molecular complexity index is 1340. The lowest BCUT2D eigenvalue weighted by atomic mass is 10.1. The van der Waals surface area contributed by atoms with Gasteiger partial charge in [0.1, 0.15) is 17.4 Å². The average Bonchev–Trinajstić information content (AvgIpc) is 2.73. The van der Waals surface area contributed by atoms with E-state index in [0.717, 1.165) is 24.3 Å². The Morgan fingerprint density at radius 3 is 2.52 bits per heavy atom. The Kier molecular flexibility index (Phi) is 5.90. The second kappa shape index (κ2) is 8.56. The maximum absolute atomic E-state index is 13.2. The van der Waals surface area contributed by atoms with Crippen LogP contribution in [-0.4, -0.2) is 25.8 Å². The number of rotatable bonds is 5. The van der Waals surface area contributed by atoms with Gasteiger partial charge >= 0.3 is 5.97 Å². The molecule has 31 heavy (non-hydrogen) atoms. The van der Waals surface area contributed by atoms with Crippen LogP contribution < -0.4 is 5.56 Å². The van der Waals surface area contributed by atoms with E-state index in [0.29, 0.717) is 4.68 Å². The third-order valence-corrected chi connectivity index (χ3v) is 4.48. The van der Waals surface area contributed by atoms with Gasteiger partial charge in [-0.1, -0.05) is 23.8 Å². The Morgan fingerprint density at radius 1 is 1.26 bits per heavy atom. The minimum Gasteiger partial charge on any atom is -0.476 e. The molecule has 0 bridgehead atoms. The van der Waals surface area contributed by atoms with E-state index in [1.807, 2.05) is 0 Å². The molecule has 0 unspecified atom stereocenters. The summed E-state index contributed by atoms with van der Waals surface area (Å²) in [6, 6.07) is 9.79. The highest BCUT2D eigenvalue weighted by Crippen LogP contribution is 2.25. The fourth-order valence-corrected chi connectivity index (χ4v) is 2.85. The largest absolute Gasteiger partial charge is 0.476 e. The molecule has 0 amide bonds. The number of benzene rings is 2. The fourth-order valence-electron chi connectivity index (χ4n) is 2.67. The van der Waals surface area contributed by atoms with Crippen LogP contribution in [-0.2, 0) is 0 Å². The summed E-state index contributed by atoms with van der Waals surface area (Å²) in [4.78, 5) is 34.8. The summed E-state index contributed by atoms with van der Waals surface area (Å²) >= 11 is 6.03. The van der Waals surface area contributed by atoms with E-state index in [1.54, 1.807) is 6.07 Å². The number of aromatic carboxylic acids is 1. The molecule has 0 aliphatic heterocycles. The number of aromatic nitrogens is 2. The number of nitrogens with zero attached hydrogens (tertiary/aromatic N) is 4. The fraction of sp³-hybridized carbons (Fsp3) is 0. The maximum Gasteiger partial charge on any atom is 0.357 e. The zero-order valence-electron chi connectivity index (χ0n) is 15.3. The van der Waals surface area contributed by atoms with Gasteiger partial charge in [0.2, 0.25) is 0 Å². The predicted octanol–water partition coefficient (Wildman–Crippen LogP) is 3.67. The molecular formula is C20H10ClFN4O5. The van der Waals surface area contributed by atoms with Crippen molar-refractivity contribution in [2.75, 3.05) is 0 Å². The molecule has 0 aliphatic carbocycles. The summed E-state index contributed by atoms with van der Waals surface area (Å²) in [6.45, 7) is 0. The van der Waals surface area contributed by atoms with Crippen LogP contribution >= 0.6 is 11.6 Å². The molecule has 0 aliphatic rings. The molecule has 1 aromatic heterocycles. The highest BCUT2D eigenvalue weighted by atomic mass is 35.5. The topological polar surface area (TPSA) is 139 Å². The summed E-state index contributed by atoms with van der Waals surface area (Å²) in [6.07, 6.45) is 2.36. The molecule has 0 fully saturated rings. The van der Waals surface area contributed by atoms with Crippen LogP contribution in [0.2, 0.25) is 5.02 Å². The van der Waals surface area contributed by atoms with Crippen LogP contribution in [0.4, 0.5) is 10.1 Å². The summed E-state index contributed by atoms with van der Waals surface area (Å²) in [5.74, 6) is -2.11. The number of carboxylic acid groups (broad SMARTS) is 1. The molecule has 1 N–H and O–H groups in total. The van der Waals surface area contributed by atoms with Crippen LogP contribution in [0, 0.1) is 27.3 Å². The predicted molar refractivity (Wildman–Crippen MR) is 109 cm³/mol. The summed E-state index contributed by atoms with van der Waals surface area (Å²) in [7, 11) is 0. The van der Waals surface area contributed by atoms with E-state index in [2.05, 4.69) is 5.10 Å². The Balaban J connectivity index is 2.21. The maximum atomic E-state index is 13.2. The van der Waals surface area contributed by atoms with Gasteiger partial charge in [-0.15, -0.1) is 0 Å². The second-order valence-electron chi connectivity index (χ2n) is 6.04. The number of non-ortho nitro benzene ring substituents is 1. The van der Waals surface area contributed by atoms with Crippen molar-refractivity contribution in [3.8, 4) is 11.8 Å². The number of carbonyl (C=O) groups is 1. The van der Waals surface area contributed by atoms with E-state index in [4.69, 9.17) is 11.6 Å². The summed E-state index contributed by atoms with van der Waals surface area (Å²) < 4.78 is 13.9. The van der Waals surface area contributed by atoms with Crippen LogP contribution in [0.5, 0.6) is 0 Å². The van der Waals surface area contributed by atoms with Gasteiger partial charge < -0.3 is 5.11 Å². The molecule has 9 nitrogen and oxygen atoms in total. The number of hydrogen-bond donors (Lipinski definition) is 1. The molecule has 11 heteroatoms. The third-order valence-electron chi connectivity index (χ3n) is 4.14. The van der Waals surface area contributed by atoms with Gasteiger partial charge in [0.25, 0.3) is 11.2 Å². The normalized spacial score (nSPS) is 10.7. The van der Waals surface area contributed by atoms with Crippen molar-refractivity contribution < 1.29 is 19.2 Å². The van der Waals surface area contributed by atoms with Crippen LogP contribution in [0.15, 0.2) is 47.3 Å². The number of hydrogen-bond acceptors (Lipinski definition) is 6. The number of nitro groups is 1. The molecule has 3 rings (SSSR count). The lowest BCUT2D eigenvalue weighted by Crippen LogP contribution is -2.28. The van der Waals surface area contributed by atoms with Crippen LogP contribution in [0.25, 0.3) is 17.8 Å². The smallest absolute Gasteiger partial charge is 0.357 e. The molecule has 0 atom stereocenters. The van der Waals surface area contributed by atoms with Gasteiger partial charge in [-0.05, 0) is 35.9 Å². The van der Waals surface area contributed by atoms with E-state index >= 15 is 0 Å². The zero-order chi connectivity index (χ0) is 22.7. The van der Waals surface area contributed by atoms with E-state index in [9.17, 15) is 34.5 Å². The summed E-state index contributed by atoms with van der Waals surface area (Å²) in [5.41, 5.74) is -2.42. The van der Waals surface area contributed by atoms with Crippen molar-refractivity contribution >= 4 is 35.4 Å². The van der Waals surface area contributed by atoms with E-state index < -0.39 is 33.5 Å². The SMILES string of the molecule is N#Cc1c(/C=C\c2cc([N+](=O)[O-])ccc2Cl)c(C(=O)O)nn(-c2ccc(F)cc2)c1=O. The quantitative estimate of drug-likeness (QED) is 0.471. The van der Waals surface area contributed by atoms with E-state index in [-0.39, 0.29) is 27.5 Å². The van der Waals surface area contributed by atoms with Crippen molar-refractivity contribution in [3.63, 3.8) is 0 Å². The highest BCUT2D eigenvalue weighted by Gasteiger charge is 2.21. The Morgan fingerprint density at radius 2 is 1.94 bits per heavy atom. The van der Waals surface area contributed by atoms with Gasteiger partial charge in [-0.3, -0.25) is 14.9 Å². The number of nitro benzene ring substituents is 1. The van der Waals surface area contributed by atoms with Crippen molar-refractivity contribution in [1.82, 2.24) is 9.78 Å². The summed E-state index contributed by atoms with van der Waals surface area (Å²) in [5, 5.41) is 33.9. The lowest BCUT2D eigenvalue weighted by Gasteiger charge is -2.09. The Hall–Kier alpha value is -4.36. The van der Waals surface area contributed by atoms with Crippen molar-refractivity contribution in [1.29, 1.82) is 5.26 Å². The average molecular weight is 441 g/mol. The zero-order valence-corrected chi connectivity index (χ0v) is 16.1. The standard InChI is InChI=1S/C20H10ClFN4O5/c21-17-8-6-14(26(30)31)9-11(17)1-7-15-16(10-23)19(27)25(24-18(15)20(28)29)13-4-2-12(22)3-5-13/h1-9H,(H,28,29)/b7-1-. The second-order valence-corrected chi connectivity index (χ2v) is 6.45. The molecular weight excluding hydrogens is 431 g/mol. The minimum absolute atomic E-state index is 0.0580. The first-order valence-corrected chi connectivity index (χ1v) is 8.79. The van der Waals surface area contributed by atoms with Crippen LogP contribution in [0.1, 0.15) is 27.2 Å². The molecule has 2 aromatic carbocycles. The first-order chi connectivity index (χ1) is 14.7. The molecule has 0 radical (unpaired) electrons. The first-order valence-electron chi connectivity index (χ1n) is 8.41. The molecule has 1 heterocycles. The number of halogens is 2. The highest BCUT2D eigenvalue weighted by molar-refractivity contribution is 6.32. The number of nitriles is 1. The molecule has 0 spiro atoms. The molecule has 0 saturated heterocycles. The lowest BCUT2D eigenvalue weighted by molar-refractivity contribution is -0.384. The van der Waals surface area contributed by atoms with Crippen molar-refractivity contribution in [3.05, 3.63) is 96.2 Å². The van der Waals surface area contributed by atoms with Crippen molar-refractivity contribution in [2.45, 2.75) is 0 Å². The van der Waals surface area contributed by atoms with Gasteiger partial charge in [-0.25, -0.2) is 9.18 Å². The third kappa shape index (κ3) is 4.31. The van der Waals surface area contributed by atoms with Gasteiger partial charge in [-0.2, -0.15) is 15.0 Å². The van der Waals surface area contributed by atoms with Crippen LogP contribution in [0.3, 0.4) is 0 Å². The molecule has 3 aromatic rings. The minimum atomic E-state index is -1.53. The number of carboxylic acids is 1. The van der Waals surface area contributed by atoms with E-state index in [1.165, 1.54) is 30.3 Å². The van der Waals surface area contributed by atoms with Gasteiger partial charge in [0.05, 0.1) is 10.6 Å². The molecule has 0 saturated carbocycles. The van der Waals surface area contributed by atoms with Gasteiger partial charge in [0.15, 0.2) is 5.69 Å². The van der Waals surface area contributed by atoms with Gasteiger partial charge in [0, 0.05) is 22.7 Å². The van der Waals surface area contributed by atoms with Crippen molar-refractivity contribution in [2.24, 2.45) is 0 Å². The molecule has 154 valence electrons. The Labute approximate surface area is 178 Å². The first kappa shape index (κ1) is 21.4. The monoisotopic (exact) mass is 440 g/mol.